The molecule has 6 nitrogen and oxygen atoms in total. The number of carbonyl (C=O) groups excluding carboxylic acids is 2. The monoisotopic (exact) mass is 446 g/mol. The van der Waals surface area contributed by atoms with Crippen molar-refractivity contribution in [2.75, 3.05) is 11.9 Å². The first-order valence-corrected chi connectivity index (χ1v) is 10.7. The van der Waals surface area contributed by atoms with Crippen LogP contribution in [0.4, 0.5) is 5.69 Å². The van der Waals surface area contributed by atoms with Gasteiger partial charge in [0.2, 0.25) is 5.91 Å². The van der Waals surface area contributed by atoms with Crippen molar-refractivity contribution < 1.29 is 9.59 Å². The highest BCUT2D eigenvalue weighted by molar-refractivity contribution is 6.30. The highest BCUT2D eigenvalue weighted by Gasteiger charge is 2.15. The molecule has 2 amide bonds. The van der Waals surface area contributed by atoms with Crippen LogP contribution in [0.5, 0.6) is 0 Å². The third-order valence-corrected chi connectivity index (χ3v) is 5.45. The summed E-state index contributed by atoms with van der Waals surface area (Å²) in [5, 5.41) is 6.46. The van der Waals surface area contributed by atoms with Crippen LogP contribution >= 0.6 is 11.6 Å². The average molecular weight is 447 g/mol. The molecule has 162 valence electrons. The Morgan fingerprint density at radius 3 is 2.47 bits per heavy atom. The molecule has 0 saturated carbocycles. The van der Waals surface area contributed by atoms with E-state index in [0.29, 0.717) is 23.6 Å². The summed E-state index contributed by atoms with van der Waals surface area (Å²) in [5.41, 5.74) is 4.03. The molecule has 7 heteroatoms. The number of halogens is 1. The molecule has 1 heterocycles. The zero-order valence-corrected chi connectivity index (χ0v) is 18.4. The maximum atomic E-state index is 12.8. The summed E-state index contributed by atoms with van der Waals surface area (Å²) in [6, 6.07) is 22.1. The van der Waals surface area contributed by atoms with Crippen LogP contribution in [0.1, 0.15) is 21.7 Å². The number of nitrogens with zero attached hydrogens (tertiary/aromatic N) is 2. The minimum Gasteiger partial charge on any atom is -0.352 e. The number of hydrogen-bond donors (Lipinski definition) is 2. The Bertz CT molecular complexity index is 1260. The predicted molar refractivity (Wildman–Crippen MR) is 127 cm³/mol. The third kappa shape index (κ3) is 4.98. The topological polar surface area (TPSA) is 76.0 Å². The van der Waals surface area contributed by atoms with Crippen LogP contribution in [0.25, 0.3) is 11.0 Å². The van der Waals surface area contributed by atoms with Gasteiger partial charge in [0.1, 0.15) is 12.4 Å². The van der Waals surface area contributed by atoms with E-state index < -0.39 is 0 Å². The summed E-state index contributed by atoms with van der Waals surface area (Å²) >= 11 is 5.88. The molecular weight excluding hydrogens is 424 g/mol. The quantitative estimate of drug-likeness (QED) is 0.435. The van der Waals surface area contributed by atoms with Gasteiger partial charge in [-0.25, -0.2) is 4.98 Å². The van der Waals surface area contributed by atoms with Crippen molar-refractivity contribution in [1.82, 2.24) is 14.9 Å². The number of hydrogen-bond acceptors (Lipinski definition) is 3. The smallest absolute Gasteiger partial charge is 0.251 e. The number of anilines is 1. The number of benzene rings is 3. The Hall–Kier alpha value is -3.64. The van der Waals surface area contributed by atoms with E-state index in [1.54, 1.807) is 24.3 Å². The number of rotatable bonds is 7. The first kappa shape index (κ1) is 21.6. The van der Waals surface area contributed by atoms with Crippen LogP contribution in [-0.4, -0.2) is 27.9 Å². The molecule has 4 rings (SSSR count). The number of imidazole rings is 1. The molecule has 4 aromatic rings. The standard InChI is InChI=1S/C25H23ClN4O2/c1-17-6-2-3-7-20(17)29-24(31)16-30-22-9-5-4-8-21(22)28-23(30)14-15-27-25(32)18-10-12-19(26)13-11-18/h2-13H,14-16H2,1H3,(H,27,32)(H,29,31). The molecule has 0 atom stereocenters. The first-order chi connectivity index (χ1) is 15.5. The molecule has 1 aromatic heterocycles. The second kappa shape index (κ2) is 9.66. The van der Waals surface area contributed by atoms with Gasteiger partial charge in [-0.05, 0) is 55.0 Å². The van der Waals surface area contributed by atoms with Gasteiger partial charge >= 0.3 is 0 Å². The minimum absolute atomic E-state index is 0.131. The highest BCUT2D eigenvalue weighted by Crippen LogP contribution is 2.18. The van der Waals surface area contributed by atoms with E-state index in [0.717, 1.165) is 28.1 Å². The highest BCUT2D eigenvalue weighted by atomic mass is 35.5. The number of amides is 2. The zero-order valence-electron chi connectivity index (χ0n) is 17.6. The number of fused-ring (bicyclic) bond motifs is 1. The van der Waals surface area contributed by atoms with E-state index in [-0.39, 0.29) is 18.4 Å². The average Bonchev–Trinajstić information content (AvgIpc) is 3.13. The van der Waals surface area contributed by atoms with Crippen molar-refractivity contribution in [2.24, 2.45) is 0 Å². The number of aryl methyl sites for hydroxylation is 1. The summed E-state index contributed by atoms with van der Waals surface area (Å²) in [4.78, 5) is 29.8. The lowest BCUT2D eigenvalue weighted by molar-refractivity contribution is -0.116. The maximum Gasteiger partial charge on any atom is 0.251 e. The van der Waals surface area contributed by atoms with Crippen molar-refractivity contribution in [1.29, 1.82) is 0 Å². The van der Waals surface area contributed by atoms with E-state index in [9.17, 15) is 9.59 Å². The molecule has 0 unspecified atom stereocenters. The molecule has 3 aromatic carbocycles. The normalized spacial score (nSPS) is 10.8. The summed E-state index contributed by atoms with van der Waals surface area (Å²) in [6.07, 6.45) is 0.492. The molecule has 0 bridgehead atoms. The number of para-hydroxylation sites is 3. The Labute approximate surface area is 191 Å². The van der Waals surface area contributed by atoms with Crippen molar-refractivity contribution in [2.45, 2.75) is 19.9 Å². The van der Waals surface area contributed by atoms with Crippen LogP contribution in [0.2, 0.25) is 5.02 Å². The number of carbonyl (C=O) groups is 2. The van der Waals surface area contributed by atoms with E-state index >= 15 is 0 Å². The maximum absolute atomic E-state index is 12.8. The SMILES string of the molecule is Cc1ccccc1NC(=O)Cn1c(CCNC(=O)c2ccc(Cl)cc2)nc2ccccc21. The summed E-state index contributed by atoms with van der Waals surface area (Å²) in [6.45, 7) is 2.48. The third-order valence-electron chi connectivity index (χ3n) is 5.20. The molecule has 0 spiro atoms. The van der Waals surface area contributed by atoms with E-state index in [4.69, 9.17) is 11.6 Å². The molecule has 0 saturated heterocycles. The first-order valence-electron chi connectivity index (χ1n) is 10.3. The van der Waals surface area contributed by atoms with Crippen LogP contribution in [0.3, 0.4) is 0 Å². The molecule has 32 heavy (non-hydrogen) atoms. The van der Waals surface area contributed by atoms with Gasteiger partial charge in [-0.3, -0.25) is 9.59 Å². The van der Waals surface area contributed by atoms with Gasteiger partial charge in [0.15, 0.2) is 0 Å². The van der Waals surface area contributed by atoms with E-state index in [1.165, 1.54) is 0 Å². The van der Waals surface area contributed by atoms with Gasteiger partial charge in [0.25, 0.3) is 5.91 Å². The Morgan fingerprint density at radius 2 is 1.69 bits per heavy atom. The Morgan fingerprint density at radius 1 is 0.969 bits per heavy atom. The second-order valence-corrected chi connectivity index (χ2v) is 7.92. The predicted octanol–water partition coefficient (Wildman–Crippen LogP) is 4.61. The van der Waals surface area contributed by atoms with Gasteiger partial charge in [-0.2, -0.15) is 0 Å². The zero-order chi connectivity index (χ0) is 22.5. The Kier molecular flexibility index (Phi) is 6.52. The van der Waals surface area contributed by atoms with Gasteiger partial charge in [0.05, 0.1) is 11.0 Å². The lowest BCUT2D eigenvalue weighted by Gasteiger charge is -2.12. The van der Waals surface area contributed by atoms with Gasteiger partial charge in [-0.15, -0.1) is 0 Å². The van der Waals surface area contributed by atoms with Gasteiger partial charge in [-0.1, -0.05) is 41.9 Å². The van der Waals surface area contributed by atoms with E-state index in [2.05, 4.69) is 15.6 Å². The number of aromatic nitrogens is 2. The number of nitrogens with one attached hydrogen (secondary N) is 2. The molecule has 2 N–H and O–H groups in total. The molecule has 0 aliphatic rings. The molecule has 0 aliphatic carbocycles. The van der Waals surface area contributed by atoms with Crippen LogP contribution < -0.4 is 10.6 Å². The summed E-state index contributed by atoms with van der Waals surface area (Å²) in [7, 11) is 0. The minimum atomic E-state index is -0.179. The lowest BCUT2D eigenvalue weighted by Crippen LogP contribution is -2.27. The van der Waals surface area contributed by atoms with Gasteiger partial charge < -0.3 is 15.2 Å². The summed E-state index contributed by atoms with van der Waals surface area (Å²) in [5.74, 6) is 0.429. The van der Waals surface area contributed by atoms with Crippen molar-refractivity contribution in [3.8, 4) is 0 Å². The van der Waals surface area contributed by atoms with Crippen LogP contribution in [0, 0.1) is 6.92 Å². The second-order valence-electron chi connectivity index (χ2n) is 7.48. The van der Waals surface area contributed by atoms with Crippen LogP contribution in [-0.2, 0) is 17.8 Å². The fraction of sp³-hybridized carbons (Fsp3) is 0.160. The van der Waals surface area contributed by atoms with Crippen molar-refractivity contribution in [3.05, 3.63) is 94.8 Å². The molecule has 0 radical (unpaired) electrons. The van der Waals surface area contributed by atoms with E-state index in [1.807, 2.05) is 60.0 Å². The Balaban J connectivity index is 1.47. The van der Waals surface area contributed by atoms with Gasteiger partial charge in [0, 0.05) is 29.2 Å². The molecular formula is C25H23ClN4O2. The fourth-order valence-corrected chi connectivity index (χ4v) is 3.66. The lowest BCUT2D eigenvalue weighted by atomic mass is 10.2. The molecule has 0 fully saturated rings. The van der Waals surface area contributed by atoms with Crippen molar-refractivity contribution in [3.63, 3.8) is 0 Å². The largest absolute Gasteiger partial charge is 0.352 e. The summed E-state index contributed by atoms with van der Waals surface area (Å²) < 4.78 is 1.90. The molecule has 0 aliphatic heterocycles. The van der Waals surface area contributed by atoms with Crippen LogP contribution in [0.15, 0.2) is 72.8 Å². The van der Waals surface area contributed by atoms with Crippen molar-refractivity contribution >= 4 is 40.1 Å². The fourth-order valence-electron chi connectivity index (χ4n) is 3.53.